The third-order valence-electron chi connectivity index (χ3n) is 5.20. The zero-order valence-corrected chi connectivity index (χ0v) is 18.5. The summed E-state index contributed by atoms with van der Waals surface area (Å²) in [4.78, 5) is 23.4. The van der Waals surface area contributed by atoms with Gasteiger partial charge in [0.1, 0.15) is 5.75 Å². The van der Waals surface area contributed by atoms with Gasteiger partial charge in [-0.25, -0.2) is 4.98 Å². The molecule has 0 aliphatic carbocycles. The number of fused-ring (bicyclic) bond motifs is 1. The van der Waals surface area contributed by atoms with Crippen LogP contribution in [-0.2, 0) is 11.2 Å². The second-order valence-electron chi connectivity index (χ2n) is 7.27. The van der Waals surface area contributed by atoms with Crippen LogP contribution < -0.4 is 4.74 Å². The lowest BCUT2D eigenvalue weighted by Crippen LogP contribution is -2.49. The Morgan fingerprint density at radius 2 is 2.00 bits per heavy atom. The summed E-state index contributed by atoms with van der Waals surface area (Å²) in [5, 5.41) is 4.10. The summed E-state index contributed by atoms with van der Waals surface area (Å²) in [7, 11) is 1.65. The van der Waals surface area contributed by atoms with Gasteiger partial charge in [0, 0.05) is 25.1 Å². The van der Waals surface area contributed by atoms with E-state index in [1.165, 1.54) is 11.8 Å². The van der Waals surface area contributed by atoms with Crippen LogP contribution in [-0.4, -0.2) is 51.9 Å². The van der Waals surface area contributed by atoms with Crippen LogP contribution in [0.4, 0.5) is 0 Å². The van der Waals surface area contributed by atoms with Gasteiger partial charge in [0.15, 0.2) is 10.2 Å². The molecular weight excluding hydrogens is 432 g/mol. The Labute approximate surface area is 187 Å². The summed E-state index contributed by atoms with van der Waals surface area (Å²) in [5.41, 5.74) is 1.99. The smallest absolute Gasteiger partial charge is 0.233 e. The van der Waals surface area contributed by atoms with E-state index in [1.807, 2.05) is 53.4 Å². The molecule has 1 saturated heterocycles. The van der Waals surface area contributed by atoms with Crippen molar-refractivity contribution >= 4 is 39.2 Å². The highest BCUT2D eigenvalue weighted by molar-refractivity contribution is 8.01. The van der Waals surface area contributed by atoms with Gasteiger partial charge in [0.25, 0.3) is 0 Å². The Kier molecular flexibility index (Phi) is 5.61. The molecule has 0 spiro atoms. The normalized spacial score (nSPS) is 14.0. The number of thioether (sulfide) groups is 1. The molecular formula is C22H20N4O3S2. The number of likely N-dealkylation sites (tertiary alicyclic amines) is 1. The predicted octanol–water partition coefficient (Wildman–Crippen LogP) is 4.00. The molecule has 158 valence electrons. The fraction of sp³-hybridized carbons (Fsp3) is 0.273. The highest BCUT2D eigenvalue weighted by Crippen LogP contribution is 2.31. The molecule has 0 radical (unpaired) electrons. The number of hydrogen-bond donors (Lipinski definition) is 0. The van der Waals surface area contributed by atoms with E-state index < -0.39 is 0 Å². The minimum absolute atomic E-state index is 0.0929. The molecule has 0 atom stereocenters. The van der Waals surface area contributed by atoms with Crippen molar-refractivity contribution in [3.8, 4) is 5.75 Å². The number of carbonyl (C=O) groups is 1. The first-order valence-corrected chi connectivity index (χ1v) is 11.7. The van der Waals surface area contributed by atoms with Crippen molar-refractivity contribution in [3.63, 3.8) is 0 Å². The van der Waals surface area contributed by atoms with Crippen molar-refractivity contribution in [2.24, 2.45) is 0 Å². The van der Waals surface area contributed by atoms with E-state index in [-0.39, 0.29) is 11.8 Å². The predicted molar refractivity (Wildman–Crippen MR) is 120 cm³/mol. The molecule has 31 heavy (non-hydrogen) atoms. The van der Waals surface area contributed by atoms with Crippen LogP contribution in [0, 0.1) is 0 Å². The molecule has 0 N–H and O–H groups in total. The topological polar surface area (TPSA) is 81.4 Å². The van der Waals surface area contributed by atoms with E-state index in [0.29, 0.717) is 37.0 Å². The molecule has 0 saturated carbocycles. The summed E-state index contributed by atoms with van der Waals surface area (Å²) < 4.78 is 12.9. The van der Waals surface area contributed by atoms with Crippen molar-refractivity contribution in [3.05, 3.63) is 65.8 Å². The van der Waals surface area contributed by atoms with E-state index in [2.05, 4.69) is 15.1 Å². The number of methoxy groups -OCH3 is 1. The number of rotatable bonds is 7. The first-order valence-electron chi connectivity index (χ1n) is 9.90. The molecule has 5 rings (SSSR count). The molecule has 2 aromatic heterocycles. The quantitative estimate of drug-likeness (QED) is 0.392. The number of amides is 1. The number of carbonyl (C=O) groups excluding carboxylic acids is 1. The van der Waals surface area contributed by atoms with Gasteiger partial charge >= 0.3 is 0 Å². The van der Waals surface area contributed by atoms with E-state index in [4.69, 9.17) is 9.26 Å². The Bertz CT molecular complexity index is 1180. The molecule has 1 amide bonds. The third-order valence-corrected chi connectivity index (χ3v) is 7.37. The maximum absolute atomic E-state index is 12.5. The Balaban J connectivity index is 1.13. The molecule has 0 bridgehead atoms. The SMILES string of the molecule is COc1ccccc1Cc1noc(C2CN(C(=O)CSc3nc4ccccc4s3)C2)n1. The van der Waals surface area contributed by atoms with Crippen LogP contribution in [0.5, 0.6) is 5.75 Å². The molecule has 3 heterocycles. The molecule has 2 aromatic carbocycles. The van der Waals surface area contributed by atoms with Crippen LogP contribution in [0.2, 0.25) is 0 Å². The maximum atomic E-state index is 12.5. The summed E-state index contributed by atoms with van der Waals surface area (Å²) in [5.74, 6) is 2.60. The van der Waals surface area contributed by atoms with Crippen molar-refractivity contribution in [2.45, 2.75) is 16.7 Å². The number of ether oxygens (including phenoxy) is 1. The fourth-order valence-electron chi connectivity index (χ4n) is 3.49. The van der Waals surface area contributed by atoms with Crippen molar-refractivity contribution in [2.75, 3.05) is 26.0 Å². The highest BCUT2D eigenvalue weighted by atomic mass is 32.2. The first kappa shape index (κ1) is 20.0. The van der Waals surface area contributed by atoms with Crippen molar-refractivity contribution in [1.82, 2.24) is 20.0 Å². The van der Waals surface area contributed by atoms with E-state index >= 15 is 0 Å². The first-order chi connectivity index (χ1) is 15.2. The molecule has 1 aliphatic rings. The minimum atomic E-state index is 0.0929. The average molecular weight is 453 g/mol. The van der Waals surface area contributed by atoms with Crippen molar-refractivity contribution < 1.29 is 14.1 Å². The van der Waals surface area contributed by atoms with Crippen LogP contribution in [0.15, 0.2) is 57.4 Å². The van der Waals surface area contributed by atoms with Crippen molar-refractivity contribution in [1.29, 1.82) is 0 Å². The second kappa shape index (κ2) is 8.68. The monoisotopic (exact) mass is 452 g/mol. The largest absolute Gasteiger partial charge is 0.496 e. The van der Waals surface area contributed by atoms with Gasteiger partial charge in [-0.1, -0.05) is 47.3 Å². The van der Waals surface area contributed by atoms with Gasteiger partial charge in [0.05, 0.1) is 29.0 Å². The van der Waals surface area contributed by atoms with Gasteiger partial charge in [-0.15, -0.1) is 11.3 Å². The Hall–Kier alpha value is -2.91. The molecule has 1 aliphatic heterocycles. The summed E-state index contributed by atoms with van der Waals surface area (Å²) in [6.07, 6.45) is 0.543. The minimum Gasteiger partial charge on any atom is -0.496 e. The van der Waals surface area contributed by atoms with Crippen LogP contribution in [0.25, 0.3) is 10.2 Å². The van der Waals surface area contributed by atoms with Gasteiger partial charge in [-0.05, 0) is 18.2 Å². The second-order valence-corrected chi connectivity index (χ2v) is 9.52. The molecule has 4 aromatic rings. The average Bonchev–Trinajstić information content (AvgIpc) is 3.38. The number of hydrogen-bond acceptors (Lipinski definition) is 8. The maximum Gasteiger partial charge on any atom is 0.233 e. The Morgan fingerprint density at radius 1 is 1.19 bits per heavy atom. The number of aromatic nitrogens is 3. The van der Waals surface area contributed by atoms with Gasteiger partial charge in [-0.3, -0.25) is 4.79 Å². The standard InChI is InChI=1S/C22H20N4O3S2/c1-28-17-8-4-2-6-14(17)10-19-24-21(29-25-19)15-11-26(12-15)20(27)13-30-22-23-16-7-3-5-9-18(16)31-22/h2-9,15H,10-13H2,1H3. The summed E-state index contributed by atoms with van der Waals surface area (Å²) in [6.45, 7) is 1.21. The molecule has 7 nitrogen and oxygen atoms in total. The lowest BCUT2D eigenvalue weighted by molar-refractivity contribution is -0.133. The number of benzene rings is 2. The number of para-hydroxylation sites is 2. The van der Waals surface area contributed by atoms with Gasteiger partial charge < -0.3 is 14.2 Å². The van der Waals surface area contributed by atoms with E-state index in [1.54, 1.807) is 18.4 Å². The van der Waals surface area contributed by atoms with Gasteiger partial charge in [-0.2, -0.15) is 4.98 Å². The number of nitrogens with zero attached hydrogens (tertiary/aromatic N) is 4. The zero-order chi connectivity index (χ0) is 21.2. The van der Waals surface area contributed by atoms with Crippen LogP contribution >= 0.6 is 23.1 Å². The lowest BCUT2D eigenvalue weighted by Gasteiger charge is -2.36. The molecule has 9 heteroatoms. The molecule has 1 fully saturated rings. The Morgan fingerprint density at radius 3 is 2.84 bits per heavy atom. The fourth-order valence-corrected chi connectivity index (χ4v) is 5.46. The zero-order valence-electron chi connectivity index (χ0n) is 16.9. The van der Waals surface area contributed by atoms with E-state index in [9.17, 15) is 4.79 Å². The lowest BCUT2D eigenvalue weighted by atomic mass is 10.0. The van der Waals surface area contributed by atoms with E-state index in [0.717, 1.165) is 25.9 Å². The van der Waals surface area contributed by atoms with Gasteiger partial charge in [0.2, 0.25) is 11.8 Å². The summed E-state index contributed by atoms with van der Waals surface area (Å²) >= 11 is 3.11. The highest BCUT2D eigenvalue weighted by Gasteiger charge is 2.35. The summed E-state index contributed by atoms with van der Waals surface area (Å²) in [6, 6.07) is 15.8. The molecule has 0 unspecified atom stereocenters. The third kappa shape index (κ3) is 4.28. The van der Waals surface area contributed by atoms with Crippen LogP contribution in [0.3, 0.4) is 0 Å². The number of thiazole rings is 1. The van der Waals surface area contributed by atoms with Crippen LogP contribution in [0.1, 0.15) is 23.2 Å².